The minimum absolute atomic E-state index is 0.284. The van der Waals surface area contributed by atoms with Crippen LogP contribution >= 0.6 is 0 Å². The molecule has 1 aliphatic heterocycles. The van der Waals surface area contributed by atoms with Gasteiger partial charge in [0, 0.05) is 18.0 Å². The van der Waals surface area contributed by atoms with Gasteiger partial charge in [0.15, 0.2) is 0 Å². The molecule has 1 saturated carbocycles. The number of rotatable bonds is 8. The average Bonchev–Trinajstić information content (AvgIpc) is 3.47. The molecule has 0 amide bonds. The Balaban J connectivity index is 2.12. The number of benzene rings is 1. The molecule has 28 heavy (non-hydrogen) atoms. The molecule has 0 bridgehead atoms. The van der Waals surface area contributed by atoms with Crippen molar-refractivity contribution in [3.05, 3.63) is 34.9 Å². The van der Waals surface area contributed by atoms with Gasteiger partial charge in [0.25, 0.3) is 0 Å². The maximum absolute atomic E-state index is 2.87. The van der Waals surface area contributed by atoms with Crippen LogP contribution in [0.2, 0.25) is 0 Å². The number of unbranched alkanes of at least 4 members (excludes halogenated alkanes) is 1. The lowest BCUT2D eigenvalue weighted by Gasteiger charge is -2.60. The van der Waals surface area contributed by atoms with Crippen LogP contribution in [0.25, 0.3) is 0 Å². The maximum Gasteiger partial charge on any atom is 0.0104 e. The number of likely N-dealkylation sites (tertiary alicyclic amines) is 1. The molecule has 158 valence electrons. The van der Waals surface area contributed by atoms with Gasteiger partial charge in [-0.2, -0.15) is 0 Å². The fourth-order valence-corrected chi connectivity index (χ4v) is 6.50. The van der Waals surface area contributed by atoms with Crippen LogP contribution in [-0.4, -0.2) is 24.0 Å². The van der Waals surface area contributed by atoms with Gasteiger partial charge in [0.1, 0.15) is 0 Å². The molecule has 0 spiro atoms. The fourth-order valence-electron chi connectivity index (χ4n) is 6.50. The summed E-state index contributed by atoms with van der Waals surface area (Å²) in [6, 6.07) is 7.68. The van der Waals surface area contributed by atoms with E-state index < -0.39 is 0 Å². The Hall–Kier alpha value is -0.820. The molecule has 1 aromatic rings. The summed E-state index contributed by atoms with van der Waals surface area (Å²) in [6.07, 6.45) is 9.54. The van der Waals surface area contributed by atoms with Crippen molar-refractivity contribution in [1.82, 2.24) is 4.90 Å². The van der Waals surface area contributed by atoms with Gasteiger partial charge in [-0.15, -0.1) is 0 Å². The van der Waals surface area contributed by atoms with E-state index in [2.05, 4.69) is 71.6 Å². The highest BCUT2D eigenvalue weighted by atomic mass is 15.2. The molecule has 1 aliphatic carbocycles. The monoisotopic (exact) mass is 383 g/mol. The third kappa shape index (κ3) is 3.81. The third-order valence-electron chi connectivity index (χ3n) is 8.66. The van der Waals surface area contributed by atoms with Gasteiger partial charge in [-0.25, -0.2) is 0 Å². The van der Waals surface area contributed by atoms with E-state index in [-0.39, 0.29) is 5.41 Å². The summed E-state index contributed by atoms with van der Waals surface area (Å²) < 4.78 is 0. The fraction of sp³-hybridized carbons (Fsp3) is 0.778. The largest absolute Gasteiger partial charge is 0.300 e. The Bertz CT molecular complexity index is 636. The summed E-state index contributed by atoms with van der Waals surface area (Å²) >= 11 is 0. The lowest BCUT2D eigenvalue weighted by Crippen LogP contribution is -2.61. The summed E-state index contributed by atoms with van der Waals surface area (Å²) in [7, 11) is 0. The summed E-state index contributed by atoms with van der Waals surface area (Å²) in [4.78, 5) is 2.87. The SMILES string of the molecule is CCCCC1C(C)N(CC2CC2)CCC1(c1c(C)cccc1C)C(C)(C)CC. The second kappa shape index (κ2) is 8.50. The molecule has 3 atom stereocenters. The van der Waals surface area contributed by atoms with Crippen molar-refractivity contribution in [3.63, 3.8) is 0 Å². The Morgan fingerprint density at radius 3 is 2.29 bits per heavy atom. The van der Waals surface area contributed by atoms with E-state index in [0.29, 0.717) is 11.5 Å². The minimum atomic E-state index is 0.284. The first-order chi connectivity index (χ1) is 13.3. The molecule has 2 fully saturated rings. The van der Waals surface area contributed by atoms with Crippen molar-refractivity contribution in [2.45, 2.75) is 105 Å². The number of hydrogen-bond acceptors (Lipinski definition) is 1. The number of nitrogens with zero attached hydrogens (tertiary/aromatic N) is 1. The highest BCUT2D eigenvalue weighted by molar-refractivity contribution is 5.43. The molecule has 1 aromatic carbocycles. The zero-order chi connectivity index (χ0) is 20.5. The molecule has 1 heteroatoms. The lowest BCUT2D eigenvalue weighted by molar-refractivity contribution is -0.0393. The predicted octanol–water partition coefficient (Wildman–Crippen LogP) is 7.29. The van der Waals surface area contributed by atoms with E-state index in [1.54, 1.807) is 5.56 Å². The summed E-state index contributed by atoms with van der Waals surface area (Å²) in [5.74, 6) is 1.73. The molecule has 0 aromatic heterocycles. The van der Waals surface area contributed by atoms with E-state index in [9.17, 15) is 0 Å². The van der Waals surface area contributed by atoms with Gasteiger partial charge in [-0.3, -0.25) is 0 Å². The molecule has 1 nitrogen and oxygen atoms in total. The summed E-state index contributed by atoms with van der Waals surface area (Å²) in [5.41, 5.74) is 5.33. The minimum Gasteiger partial charge on any atom is -0.300 e. The van der Waals surface area contributed by atoms with Crippen molar-refractivity contribution in [2.24, 2.45) is 17.3 Å². The second-order valence-electron chi connectivity index (χ2n) is 10.7. The first-order valence-electron chi connectivity index (χ1n) is 12.1. The zero-order valence-corrected chi connectivity index (χ0v) is 19.8. The highest BCUT2D eigenvalue weighted by Gasteiger charge is 2.56. The highest BCUT2D eigenvalue weighted by Crippen LogP contribution is 2.58. The topological polar surface area (TPSA) is 3.24 Å². The van der Waals surface area contributed by atoms with Crippen LogP contribution in [0.1, 0.15) is 96.3 Å². The molecule has 3 rings (SSSR count). The molecule has 0 radical (unpaired) electrons. The van der Waals surface area contributed by atoms with Gasteiger partial charge < -0.3 is 4.90 Å². The first kappa shape index (κ1) is 21.9. The van der Waals surface area contributed by atoms with Crippen LogP contribution in [0.5, 0.6) is 0 Å². The first-order valence-corrected chi connectivity index (χ1v) is 12.1. The zero-order valence-electron chi connectivity index (χ0n) is 19.8. The maximum atomic E-state index is 2.87. The molecule has 1 saturated heterocycles. The molecular weight excluding hydrogens is 338 g/mol. The van der Waals surface area contributed by atoms with Crippen molar-refractivity contribution >= 4 is 0 Å². The lowest BCUT2D eigenvalue weighted by atomic mass is 9.48. The molecule has 0 N–H and O–H groups in total. The number of hydrogen-bond donors (Lipinski definition) is 0. The van der Waals surface area contributed by atoms with Gasteiger partial charge in [-0.05, 0) is 86.9 Å². The van der Waals surface area contributed by atoms with Crippen molar-refractivity contribution in [3.8, 4) is 0 Å². The van der Waals surface area contributed by atoms with E-state index in [1.807, 2.05) is 0 Å². The van der Waals surface area contributed by atoms with Crippen LogP contribution in [-0.2, 0) is 5.41 Å². The quantitative estimate of drug-likeness (QED) is 0.455. The molecule has 3 unspecified atom stereocenters. The Kier molecular flexibility index (Phi) is 6.64. The normalized spacial score (nSPS) is 29.2. The van der Waals surface area contributed by atoms with Crippen LogP contribution < -0.4 is 0 Å². The van der Waals surface area contributed by atoms with E-state index in [0.717, 1.165) is 11.8 Å². The number of piperidine rings is 1. The van der Waals surface area contributed by atoms with E-state index in [1.165, 1.54) is 69.2 Å². The third-order valence-corrected chi connectivity index (χ3v) is 8.66. The second-order valence-corrected chi connectivity index (χ2v) is 10.7. The van der Waals surface area contributed by atoms with Gasteiger partial charge in [-0.1, -0.05) is 65.2 Å². The van der Waals surface area contributed by atoms with Crippen LogP contribution in [0.3, 0.4) is 0 Å². The number of aryl methyl sites for hydroxylation is 2. The standard InChI is InChI=1S/C27H45N/c1-8-10-14-24-22(5)28(19-23-15-16-23)18-17-27(24,26(6,7)9-2)25-20(3)12-11-13-21(25)4/h11-13,22-24H,8-10,14-19H2,1-7H3. The smallest absolute Gasteiger partial charge is 0.0104 e. The molecule has 2 aliphatic rings. The van der Waals surface area contributed by atoms with E-state index >= 15 is 0 Å². The van der Waals surface area contributed by atoms with Gasteiger partial charge in [0.05, 0.1) is 0 Å². The average molecular weight is 384 g/mol. The van der Waals surface area contributed by atoms with Crippen molar-refractivity contribution in [2.75, 3.05) is 13.1 Å². The van der Waals surface area contributed by atoms with Crippen molar-refractivity contribution in [1.29, 1.82) is 0 Å². The Morgan fingerprint density at radius 1 is 1.11 bits per heavy atom. The summed E-state index contributed by atoms with van der Waals surface area (Å²) in [6.45, 7) is 19.9. The van der Waals surface area contributed by atoms with Crippen LogP contribution in [0.4, 0.5) is 0 Å². The summed E-state index contributed by atoms with van der Waals surface area (Å²) in [5, 5.41) is 0. The van der Waals surface area contributed by atoms with Crippen LogP contribution in [0, 0.1) is 31.1 Å². The predicted molar refractivity (Wildman–Crippen MR) is 123 cm³/mol. The molecule has 1 heterocycles. The van der Waals surface area contributed by atoms with Crippen molar-refractivity contribution < 1.29 is 0 Å². The van der Waals surface area contributed by atoms with Gasteiger partial charge >= 0.3 is 0 Å². The van der Waals surface area contributed by atoms with Crippen LogP contribution in [0.15, 0.2) is 18.2 Å². The van der Waals surface area contributed by atoms with E-state index in [4.69, 9.17) is 0 Å². The van der Waals surface area contributed by atoms with Gasteiger partial charge in [0.2, 0.25) is 0 Å². The Labute approximate surface area is 175 Å². The molecular formula is C27H45N. The Morgan fingerprint density at radius 2 is 1.75 bits per heavy atom.